The third-order valence-corrected chi connectivity index (χ3v) is 4.44. The van der Waals surface area contributed by atoms with Crippen LogP contribution in [0, 0.1) is 17.1 Å². The quantitative estimate of drug-likeness (QED) is 0.740. The maximum absolute atomic E-state index is 13.9. The molecule has 6 heteroatoms. The number of carboxylic acids is 1. The van der Waals surface area contributed by atoms with Gasteiger partial charge in [0.25, 0.3) is 0 Å². The Labute approximate surface area is 148 Å². The molecule has 0 aliphatic heterocycles. The molecule has 0 saturated carbocycles. The van der Waals surface area contributed by atoms with E-state index in [4.69, 9.17) is 11.6 Å². The number of benzene rings is 2. The van der Waals surface area contributed by atoms with E-state index in [1.54, 1.807) is 42.5 Å². The first kappa shape index (κ1) is 16.7. The standard InChI is InChI=1S/C19H12ClFN2O2/c1-23-17(19(24)25)16(14(10-22)18(23)20)12-8-6-11(7-9-12)13-4-2-3-5-15(13)21/h2-9H,1H3,(H,24,25). The van der Waals surface area contributed by atoms with Gasteiger partial charge < -0.3 is 9.67 Å². The van der Waals surface area contributed by atoms with E-state index in [1.807, 2.05) is 6.07 Å². The van der Waals surface area contributed by atoms with Crippen LogP contribution in [0.2, 0.25) is 5.15 Å². The second-order valence-corrected chi connectivity index (χ2v) is 5.78. The molecule has 0 amide bonds. The molecule has 4 nitrogen and oxygen atoms in total. The molecule has 0 unspecified atom stereocenters. The molecule has 0 radical (unpaired) electrons. The van der Waals surface area contributed by atoms with Crippen LogP contribution >= 0.6 is 11.6 Å². The zero-order valence-electron chi connectivity index (χ0n) is 13.1. The van der Waals surface area contributed by atoms with Crippen LogP contribution in [0.25, 0.3) is 22.3 Å². The van der Waals surface area contributed by atoms with Crippen molar-refractivity contribution in [3.8, 4) is 28.3 Å². The molecular formula is C19H12ClFN2O2. The van der Waals surface area contributed by atoms with Gasteiger partial charge in [0.2, 0.25) is 0 Å². The molecule has 0 aliphatic carbocycles. The molecule has 25 heavy (non-hydrogen) atoms. The number of halogens is 2. The van der Waals surface area contributed by atoms with Crippen molar-refractivity contribution in [2.75, 3.05) is 0 Å². The molecule has 0 saturated heterocycles. The molecule has 2 aromatic carbocycles. The highest BCUT2D eigenvalue weighted by molar-refractivity contribution is 6.32. The molecule has 3 aromatic rings. The molecule has 0 aliphatic rings. The minimum Gasteiger partial charge on any atom is -0.477 e. The normalized spacial score (nSPS) is 10.5. The van der Waals surface area contributed by atoms with Crippen LogP contribution in [-0.4, -0.2) is 15.6 Å². The lowest BCUT2D eigenvalue weighted by molar-refractivity contribution is 0.0687. The molecule has 1 N–H and O–H groups in total. The van der Waals surface area contributed by atoms with E-state index in [2.05, 4.69) is 0 Å². The van der Waals surface area contributed by atoms with Gasteiger partial charge in [-0.1, -0.05) is 54.1 Å². The Hall–Kier alpha value is -3.10. The molecule has 0 fully saturated rings. The second kappa shape index (κ2) is 6.42. The minimum absolute atomic E-state index is 0.0630. The van der Waals surface area contributed by atoms with Crippen molar-refractivity contribution in [3.05, 3.63) is 70.8 Å². The molecule has 0 atom stereocenters. The van der Waals surface area contributed by atoms with E-state index in [-0.39, 0.29) is 27.8 Å². The monoisotopic (exact) mass is 354 g/mol. The molecular weight excluding hydrogens is 343 g/mol. The summed E-state index contributed by atoms with van der Waals surface area (Å²) >= 11 is 6.09. The SMILES string of the molecule is Cn1c(Cl)c(C#N)c(-c2ccc(-c3ccccc3F)cc2)c1C(=O)O. The van der Waals surface area contributed by atoms with E-state index in [0.29, 0.717) is 16.7 Å². The third-order valence-electron chi connectivity index (χ3n) is 4.00. The molecule has 124 valence electrons. The van der Waals surface area contributed by atoms with Crippen LogP contribution in [0.15, 0.2) is 48.5 Å². The summed E-state index contributed by atoms with van der Waals surface area (Å²) in [5.41, 5.74) is 1.90. The van der Waals surface area contributed by atoms with Gasteiger partial charge in [0.05, 0.1) is 5.56 Å². The fraction of sp³-hybridized carbons (Fsp3) is 0.0526. The van der Waals surface area contributed by atoms with Crippen molar-refractivity contribution in [2.45, 2.75) is 0 Å². The van der Waals surface area contributed by atoms with Crippen LogP contribution in [0.1, 0.15) is 16.1 Å². The Balaban J connectivity index is 2.16. The highest BCUT2D eigenvalue weighted by Gasteiger charge is 2.25. The second-order valence-electron chi connectivity index (χ2n) is 5.42. The first-order valence-electron chi connectivity index (χ1n) is 7.32. The number of aromatic carboxylic acids is 1. The largest absolute Gasteiger partial charge is 0.477 e. The number of carboxylic acid groups (broad SMARTS) is 1. The predicted octanol–water partition coefficient (Wildman–Crippen LogP) is 4.72. The predicted molar refractivity (Wildman–Crippen MR) is 92.9 cm³/mol. The highest BCUT2D eigenvalue weighted by Crippen LogP contribution is 2.35. The van der Waals surface area contributed by atoms with Crippen LogP contribution in [0.5, 0.6) is 0 Å². The van der Waals surface area contributed by atoms with Gasteiger partial charge in [-0.05, 0) is 17.2 Å². The third kappa shape index (κ3) is 2.77. The highest BCUT2D eigenvalue weighted by atomic mass is 35.5. The van der Waals surface area contributed by atoms with Crippen molar-refractivity contribution in [1.82, 2.24) is 4.57 Å². The summed E-state index contributed by atoms with van der Waals surface area (Å²) in [6.07, 6.45) is 0. The van der Waals surface area contributed by atoms with Gasteiger partial charge in [-0.25, -0.2) is 9.18 Å². The van der Waals surface area contributed by atoms with Crippen molar-refractivity contribution < 1.29 is 14.3 Å². The molecule has 1 heterocycles. The molecule has 1 aromatic heterocycles. The summed E-state index contributed by atoms with van der Waals surface area (Å²) in [7, 11) is 1.49. The van der Waals surface area contributed by atoms with Crippen molar-refractivity contribution in [3.63, 3.8) is 0 Å². The number of aromatic nitrogens is 1. The van der Waals surface area contributed by atoms with Crippen LogP contribution in [-0.2, 0) is 7.05 Å². The topological polar surface area (TPSA) is 66.0 Å². The number of nitriles is 1. The maximum Gasteiger partial charge on any atom is 0.353 e. The fourth-order valence-corrected chi connectivity index (χ4v) is 3.02. The van der Waals surface area contributed by atoms with Gasteiger partial charge in [-0.15, -0.1) is 0 Å². The van der Waals surface area contributed by atoms with E-state index in [1.165, 1.54) is 17.7 Å². The average molecular weight is 355 g/mol. The lowest BCUT2D eigenvalue weighted by atomic mass is 9.98. The lowest BCUT2D eigenvalue weighted by Crippen LogP contribution is -2.05. The maximum atomic E-state index is 13.9. The van der Waals surface area contributed by atoms with E-state index < -0.39 is 5.97 Å². The van der Waals surface area contributed by atoms with Gasteiger partial charge in [0.1, 0.15) is 22.7 Å². The van der Waals surface area contributed by atoms with Gasteiger partial charge in [-0.2, -0.15) is 5.26 Å². The molecule has 0 spiro atoms. The number of carbonyl (C=O) groups is 1. The van der Waals surface area contributed by atoms with E-state index >= 15 is 0 Å². The van der Waals surface area contributed by atoms with Gasteiger partial charge in [0.15, 0.2) is 0 Å². The van der Waals surface area contributed by atoms with Gasteiger partial charge >= 0.3 is 5.97 Å². The van der Waals surface area contributed by atoms with Crippen LogP contribution in [0.4, 0.5) is 4.39 Å². The first-order valence-corrected chi connectivity index (χ1v) is 7.70. The van der Waals surface area contributed by atoms with E-state index in [0.717, 1.165) is 0 Å². The fourth-order valence-electron chi connectivity index (χ4n) is 2.80. The number of rotatable bonds is 3. The summed E-state index contributed by atoms with van der Waals surface area (Å²) in [6.45, 7) is 0. The Morgan fingerprint density at radius 3 is 2.32 bits per heavy atom. The van der Waals surface area contributed by atoms with Crippen LogP contribution < -0.4 is 0 Å². The Kier molecular flexibility index (Phi) is 4.30. The zero-order valence-corrected chi connectivity index (χ0v) is 13.9. The van der Waals surface area contributed by atoms with Gasteiger partial charge in [-0.3, -0.25) is 0 Å². The summed E-state index contributed by atoms with van der Waals surface area (Å²) in [5, 5.41) is 18.9. The zero-order chi connectivity index (χ0) is 18.1. The average Bonchev–Trinajstić information content (AvgIpc) is 2.86. The Morgan fingerprint density at radius 1 is 1.16 bits per heavy atom. The summed E-state index contributed by atoms with van der Waals surface area (Å²) in [6, 6.07) is 15.0. The first-order chi connectivity index (χ1) is 12.0. The molecule has 3 rings (SSSR count). The number of nitrogens with zero attached hydrogens (tertiary/aromatic N) is 2. The smallest absolute Gasteiger partial charge is 0.353 e. The van der Waals surface area contributed by atoms with Crippen molar-refractivity contribution in [2.24, 2.45) is 7.05 Å². The summed E-state index contributed by atoms with van der Waals surface area (Å²) in [5.74, 6) is -1.53. The van der Waals surface area contributed by atoms with E-state index in [9.17, 15) is 19.6 Å². The summed E-state index contributed by atoms with van der Waals surface area (Å²) in [4.78, 5) is 11.6. The lowest BCUT2D eigenvalue weighted by Gasteiger charge is -2.07. The van der Waals surface area contributed by atoms with Crippen LogP contribution in [0.3, 0.4) is 0 Å². The molecule has 0 bridgehead atoms. The number of hydrogen-bond acceptors (Lipinski definition) is 2. The Morgan fingerprint density at radius 2 is 1.76 bits per heavy atom. The Bertz CT molecular complexity index is 1020. The van der Waals surface area contributed by atoms with Crippen molar-refractivity contribution in [1.29, 1.82) is 5.26 Å². The summed E-state index contributed by atoms with van der Waals surface area (Å²) < 4.78 is 15.2. The van der Waals surface area contributed by atoms with Gasteiger partial charge in [0, 0.05) is 18.2 Å². The van der Waals surface area contributed by atoms with Crippen molar-refractivity contribution >= 4 is 17.6 Å². The number of hydrogen-bond donors (Lipinski definition) is 1. The minimum atomic E-state index is -1.18.